The first-order chi connectivity index (χ1) is 15.0. The minimum Gasteiger partial charge on any atom is -0.491 e. The maximum Gasteiger partial charge on any atom is 0.337 e. The van der Waals surface area contributed by atoms with E-state index in [4.69, 9.17) is 9.47 Å². The Morgan fingerprint density at radius 1 is 1.13 bits per heavy atom. The van der Waals surface area contributed by atoms with Crippen molar-refractivity contribution < 1.29 is 24.2 Å². The molecule has 1 N–H and O–H groups in total. The number of unbranched alkanes of at least 4 members (excludes halogenated alkanes) is 2. The number of carbonyl (C=O) groups excluding carboxylic acids is 2. The third kappa shape index (κ3) is 5.85. The van der Waals surface area contributed by atoms with Crippen molar-refractivity contribution in [1.82, 2.24) is 0 Å². The lowest BCUT2D eigenvalue weighted by atomic mass is 10.0. The van der Waals surface area contributed by atoms with E-state index in [9.17, 15) is 14.7 Å². The number of ether oxygens (including phenoxy) is 2. The van der Waals surface area contributed by atoms with Crippen molar-refractivity contribution in [2.24, 2.45) is 0 Å². The number of hydrogen-bond donors (Lipinski definition) is 1. The number of methoxy groups -OCH3 is 1. The van der Waals surface area contributed by atoms with E-state index in [0.29, 0.717) is 24.3 Å². The van der Waals surface area contributed by atoms with Gasteiger partial charge in [0.25, 0.3) is 0 Å². The molecule has 0 spiro atoms. The molecule has 6 nitrogen and oxygen atoms in total. The van der Waals surface area contributed by atoms with E-state index in [1.807, 2.05) is 24.3 Å². The summed E-state index contributed by atoms with van der Waals surface area (Å²) in [6.07, 6.45) is 4.73. The summed E-state index contributed by atoms with van der Waals surface area (Å²) in [6, 6.07) is 14.3. The van der Waals surface area contributed by atoms with Gasteiger partial charge in [-0.25, -0.2) is 4.79 Å². The monoisotopic (exact) mass is 425 g/mol. The number of aliphatic hydroxyl groups excluding tert-OH is 1. The van der Waals surface area contributed by atoms with Crippen LogP contribution in [0, 0.1) is 0 Å². The van der Waals surface area contributed by atoms with Crippen LogP contribution in [-0.4, -0.2) is 36.7 Å². The highest BCUT2D eigenvalue weighted by atomic mass is 16.5. The Balaban J connectivity index is 1.61. The second-order valence-electron chi connectivity index (χ2n) is 7.89. The van der Waals surface area contributed by atoms with Gasteiger partial charge < -0.3 is 19.5 Å². The van der Waals surface area contributed by atoms with Gasteiger partial charge in [0.15, 0.2) is 0 Å². The van der Waals surface area contributed by atoms with Crippen molar-refractivity contribution in [3.8, 4) is 5.75 Å². The highest BCUT2D eigenvalue weighted by molar-refractivity contribution is 5.96. The molecule has 166 valence electrons. The average Bonchev–Trinajstić information content (AvgIpc) is 3.18. The lowest BCUT2D eigenvalue weighted by Crippen LogP contribution is -2.37. The van der Waals surface area contributed by atoms with Crippen LogP contribution >= 0.6 is 0 Å². The maximum absolute atomic E-state index is 12.5. The zero-order chi connectivity index (χ0) is 22.2. The van der Waals surface area contributed by atoms with Crippen molar-refractivity contribution in [3.63, 3.8) is 0 Å². The Morgan fingerprint density at radius 2 is 1.84 bits per heavy atom. The predicted molar refractivity (Wildman–Crippen MR) is 119 cm³/mol. The number of hydrogen-bond acceptors (Lipinski definition) is 5. The fourth-order valence-corrected chi connectivity index (χ4v) is 3.86. The fraction of sp³-hybridized carbons (Fsp3) is 0.440. The summed E-state index contributed by atoms with van der Waals surface area (Å²) in [5, 5.41) is 10.4. The van der Waals surface area contributed by atoms with Crippen LogP contribution in [0.15, 0.2) is 48.5 Å². The first-order valence-electron chi connectivity index (χ1n) is 10.9. The minimum absolute atomic E-state index is 0.0619. The molecular formula is C25H31NO5. The smallest absolute Gasteiger partial charge is 0.337 e. The summed E-state index contributed by atoms with van der Waals surface area (Å²) >= 11 is 0. The van der Waals surface area contributed by atoms with Crippen LogP contribution in [0.25, 0.3) is 0 Å². The Morgan fingerprint density at radius 3 is 2.48 bits per heavy atom. The second kappa shape index (κ2) is 11.0. The number of anilines is 1. The van der Waals surface area contributed by atoms with Crippen LogP contribution in [0.4, 0.5) is 5.69 Å². The first-order valence-corrected chi connectivity index (χ1v) is 10.9. The Hall–Kier alpha value is -2.86. The average molecular weight is 426 g/mol. The van der Waals surface area contributed by atoms with Gasteiger partial charge in [0.2, 0.25) is 5.91 Å². The molecule has 0 saturated carbocycles. The highest BCUT2D eigenvalue weighted by Gasteiger charge is 2.32. The Labute approximate surface area is 183 Å². The molecule has 31 heavy (non-hydrogen) atoms. The summed E-state index contributed by atoms with van der Waals surface area (Å²) in [4.78, 5) is 25.8. The SMILES string of the molecule is CCCCC[C@H](O)c1ccc(N2C(=O)CCC2COc2ccc(C(=O)OC)cc2)cc1. The van der Waals surface area contributed by atoms with Crippen molar-refractivity contribution >= 4 is 17.6 Å². The molecule has 0 aliphatic carbocycles. The number of carbonyl (C=O) groups is 2. The Bertz CT molecular complexity index is 862. The lowest BCUT2D eigenvalue weighted by molar-refractivity contribution is -0.117. The number of nitrogens with zero attached hydrogens (tertiary/aromatic N) is 1. The third-order valence-corrected chi connectivity index (χ3v) is 5.68. The largest absolute Gasteiger partial charge is 0.491 e. The van der Waals surface area contributed by atoms with Crippen molar-refractivity contribution in [3.05, 3.63) is 59.7 Å². The molecule has 6 heteroatoms. The topological polar surface area (TPSA) is 76.1 Å². The van der Waals surface area contributed by atoms with E-state index < -0.39 is 12.1 Å². The number of benzene rings is 2. The molecule has 2 aromatic carbocycles. The number of amides is 1. The summed E-state index contributed by atoms with van der Waals surface area (Å²) < 4.78 is 10.6. The molecule has 1 heterocycles. The quantitative estimate of drug-likeness (QED) is 0.443. The second-order valence-corrected chi connectivity index (χ2v) is 7.89. The Kier molecular flexibility index (Phi) is 8.06. The van der Waals surface area contributed by atoms with E-state index in [2.05, 4.69) is 6.92 Å². The van der Waals surface area contributed by atoms with Crippen LogP contribution in [0.1, 0.15) is 67.5 Å². The summed E-state index contributed by atoms with van der Waals surface area (Å²) in [5.41, 5.74) is 2.16. The molecule has 3 rings (SSSR count). The van der Waals surface area contributed by atoms with Gasteiger partial charge in [-0.1, -0.05) is 38.3 Å². The van der Waals surface area contributed by atoms with Gasteiger partial charge in [0.1, 0.15) is 12.4 Å². The highest BCUT2D eigenvalue weighted by Crippen LogP contribution is 2.29. The molecule has 0 radical (unpaired) electrons. The zero-order valence-corrected chi connectivity index (χ0v) is 18.3. The standard InChI is InChI=1S/C25H31NO5/c1-3-4-5-6-23(27)18-7-11-20(12-8-18)26-21(13-16-24(26)28)17-31-22-14-9-19(10-15-22)25(29)30-2/h7-12,14-15,21,23,27H,3-6,13,16-17H2,1-2H3/t21?,23-/m0/s1. The van der Waals surface area contributed by atoms with Crippen LogP contribution in [0.2, 0.25) is 0 Å². The fourth-order valence-electron chi connectivity index (χ4n) is 3.86. The summed E-state index contributed by atoms with van der Waals surface area (Å²) in [6.45, 7) is 2.51. The minimum atomic E-state index is -0.470. The van der Waals surface area contributed by atoms with Crippen LogP contribution in [0.3, 0.4) is 0 Å². The van der Waals surface area contributed by atoms with Crippen LogP contribution < -0.4 is 9.64 Å². The van der Waals surface area contributed by atoms with Gasteiger partial charge in [0, 0.05) is 12.1 Å². The number of esters is 1. The summed E-state index contributed by atoms with van der Waals surface area (Å²) in [7, 11) is 1.35. The van der Waals surface area contributed by atoms with Gasteiger partial charge in [-0.05, 0) is 54.8 Å². The maximum atomic E-state index is 12.5. The van der Waals surface area contributed by atoms with Crippen molar-refractivity contribution in [2.45, 2.75) is 57.6 Å². The molecule has 2 atom stereocenters. The number of rotatable bonds is 10. The molecule has 1 aliphatic rings. The van der Waals surface area contributed by atoms with Crippen LogP contribution in [0.5, 0.6) is 5.75 Å². The predicted octanol–water partition coefficient (Wildman–Crippen LogP) is 4.66. The summed E-state index contributed by atoms with van der Waals surface area (Å²) in [5.74, 6) is 0.321. The lowest BCUT2D eigenvalue weighted by Gasteiger charge is -2.25. The van der Waals surface area contributed by atoms with Gasteiger partial charge in [0.05, 0.1) is 24.8 Å². The molecule has 1 unspecified atom stereocenters. The third-order valence-electron chi connectivity index (χ3n) is 5.68. The van der Waals surface area contributed by atoms with Crippen LogP contribution in [-0.2, 0) is 9.53 Å². The van der Waals surface area contributed by atoms with Crippen molar-refractivity contribution in [1.29, 1.82) is 0 Å². The molecule has 0 aromatic heterocycles. The molecular weight excluding hydrogens is 394 g/mol. The van der Waals surface area contributed by atoms with E-state index in [0.717, 1.165) is 43.4 Å². The van der Waals surface area contributed by atoms with Crippen molar-refractivity contribution in [2.75, 3.05) is 18.6 Å². The number of aliphatic hydroxyl groups is 1. The van der Waals surface area contributed by atoms with Gasteiger partial charge >= 0.3 is 5.97 Å². The van der Waals surface area contributed by atoms with Gasteiger partial charge in [-0.2, -0.15) is 0 Å². The van der Waals surface area contributed by atoms with E-state index in [1.54, 1.807) is 29.2 Å². The molecule has 0 bridgehead atoms. The molecule has 1 fully saturated rings. The van der Waals surface area contributed by atoms with E-state index in [-0.39, 0.29) is 11.9 Å². The normalized spacial score (nSPS) is 16.9. The molecule has 2 aromatic rings. The zero-order valence-electron chi connectivity index (χ0n) is 18.3. The van der Waals surface area contributed by atoms with E-state index in [1.165, 1.54) is 7.11 Å². The molecule has 1 saturated heterocycles. The van der Waals surface area contributed by atoms with Gasteiger partial charge in [-0.3, -0.25) is 4.79 Å². The molecule has 1 aliphatic heterocycles. The first kappa shape index (κ1) is 22.8. The van der Waals surface area contributed by atoms with E-state index >= 15 is 0 Å². The molecule has 1 amide bonds. The van der Waals surface area contributed by atoms with Gasteiger partial charge in [-0.15, -0.1) is 0 Å².